The predicted molar refractivity (Wildman–Crippen MR) is 89.0 cm³/mol. The Bertz CT molecular complexity index is 905. The molecule has 0 aliphatic rings. The van der Waals surface area contributed by atoms with Crippen molar-refractivity contribution in [2.45, 2.75) is 34.1 Å². The third kappa shape index (κ3) is 2.38. The zero-order chi connectivity index (χ0) is 16.7. The average molecular weight is 309 g/mol. The first kappa shape index (κ1) is 15.2. The van der Waals surface area contributed by atoms with Crippen molar-refractivity contribution < 1.29 is 9.90 Å². The second-order valence-electron chi connectivity index (χ2n) is 5.75. The first-order chi connectivity index (χ1) is 10.9. The first-order valence-corrected chi connectivity index (χ1v) is 7.63. The van der Waals surface area contributed by atoms with Crippen LogP contribution in [0.5, 0.6) is 0 Å². The Balaban J connectivity index is 2.44. The molecule has 0 spiro atoms. The van der Waals surface area contributed by atoms with Gasteiger partial charge in [-0.15, -0.1) is 0 Å². The predicted octanol–water partition coefficient (Wildman–Crippen LogP) is 3.58. The molecule has 0 unspecified atom stereocenters. The first-order valence-electron chi connectivity index (χ1n) is 7.63. The molecular formula is C18H19N3O2. The number of nitrogens with zero attached hydrogens (tertiary/aromatic N) is 3. The van der Waals surface area contributed by atoms with Crippen LogP contribution < -0.4 is 0 Å². The van der Waals surface area contributed by atoms with Gasteiger partial charge in [0.1, 0.15) is 0 Å². The summed E-state index contributed by atoms with van der Waals surface area (Å²) in [5.41, 5.74) is 6.61. The Morgan fingerprint density at radius 1 is 1.17 bits per heavy atom. The molecule has 0 radical (unpaired) electrons. The Hall–Kier alpha value is -2.69. The van der Waals surface area contributed by atoms with Crippen molar-refractivity contribution in [3.05, 3.63) is 52.5 Å². The van der Waals surface area contributed by atoms with Crippen LogP contribution in [0.15, 0.2) is 24.3 Å². The van der Waals surface area contributed by atoms with Crippen LogP contribution in [-0.4, -0.2) is 25.7 Å². The second-order valence-corrected chi connectivity index (χ2v) is 5.75. The number of hydrogen-bond acceptors (Lipinski definition) is 3. The fraction of sp³-hybridized carbons (Fsp3) is 0.278. The third-order valence-corrected chi connectivity index (χ3v) is 4.15. The van der Waals surface area contributed by atoms with E-state index in [0.29, 0.717) is 12.1 Å². The number of carbonyl (C=O) groups is 1. The number of aromatic nitrogens is 3. The Kier molecular flexibility index (Phi) is 3.64. The van der Waals surface area contributed by atoms with Gasteiger partial charge >= 0.3 is 5.97 Å². The zero-order valence-corrected chi connectivity index (χ0v) is 13.7. The molecule has 0 aliphatic carbocycles. The van der Waals surface area contributed by atoms with Crippen LogP contribution in [0.2, 0.25) is 0 Å². The molecule has 3 rings (SSSR count). The van der Waals surface area contributed by atoms with Crippen LogP contribution in [0.25, 0.3) is 16.8 Å². The summed E-state index contributed by atoms with van der Waals surface area (Å²) in [4.78, 5) is 15.8. The van der Waals surface area contributed by atoms with E-state index >= 15 is 0 Å². The molecular weight excluding hydrogens is 290 g/mol. The minimum atomic E-state index is -1.02. The summed E-state index contributed by atoms with van der Waals surface area (Å²) in [7, 11) is 0. The molecule has 0 atom stereocenters. The van der Waals surface area contributed by atoms with Gasteiger partial charge in [-0.3, -0.25) is 0 Å². The van der Waals surface area contributed by atoms with Crippen molar-refractivity contribution in [1.82, 2.24) is 14.6 Å². The third-order valence-electron chi connectivity index (χ3n) is 4.15. The van der Waals surface area contributed by atoms with Crippen molar-refractivity contribution in [3.63, 3.8) is 0 Å². The molecule has 5 heteroatoms. The highest BCUT2D eigenvalue weighted by Crippen LogP contribution is 2.33. The van der Waals surface area contributed by atoms with Gasteiger partial charge in [0.15, 0.2) is 11.3 Å². The van der Waals surface area contributed by atoms with Crippen molar-refractivity contribution >= 4 is 11.6 Å². The SMILES string of the molecule is CCc1cc(C(=O)O)nc2c(-c3c(C)cccc3C)c(C)nn12. The highest BCUT2D eigenvalue weighted by atomic mass is 16.4. The molecule has 118 valence electrons. The Morgan fingerprint density at radius 3 is 2.39 bits per heavy atom. The van der Waals surface area contributed by atoms with Crippen LogP contribution in [0.4, 0.5) is 0 Å². The van der Waals surface area contributed by atoms with Gasteiger partial charge in [0.2, 0.25) is 0 Å². The van der Waals surface area contributed by atoms with Crippen molar-refractivity contribution in [1.29, 1.82) is 0 Å². The molecule has 0 aliphatic heterocycles. The van der Waals surface area contributed by atoms with Gasteiger partial charge < -0.3 is 5.11 Å². The molecule has 0 bridgehead atoms. The van der Waals surface area contributed by atoms with Crippen LogP contribution in [0.1, 0.15) is 39.9 Å². The minimum Gasteiger partial charge on any atom is -0.477 e. The molecule has 1 N–H and O–H groups in total. The summed E-state index contributed by atoms with van der Waals surface area (Å²) >= 11 is 0. The summed E-state index contributed by atoms with van der Waals surface area (Å²) in [6.07, 6.45) is 0.687. The summed E-state index contributed by atoms with van der Waals surface area (Å²) in [5, 5.41) is 14.0. The molecule has 1 aromatic carbocycles. The summed E-state index contributed by atoms with van der Waals surface area (Å²) < 4.78 is 1.77. The van der Waals surface area contributed by atoms with Crippen LogP contribution in [0, 0.1) is 20.8 Å². The van der Waals surface area contributed by atoms with Gasteiger partial charge in [-0.25, -0.2) is 14.3 Å². The maximum atomic E-state index is 11.4. The Morgan fingerprint density at radius 2 is 1.83 bits per heavy atom. The maximum Gasteiger partial charge on any atom is 0.354 e. The van der Waals surface area contributed by atoms with E-state index in [2.05, 4.69) is 10.1 Å². The molecule has 0 saturated heterocycles. The topological polar surface area (TPSA) is 67.5 Å². The maximum absolute atomic E-state index is 11.4. The number of aromatic carboxylic acids is 1. The van der Waals surface area contributed by atoms with Gasteiger partial charge in [0, 0.05) is 5.69 Å². The second kappa shape index (κ2) is 5.50. The number of carboxylic acids is 1. The molecule has 23 heavy (non-hydrogen) atoms. The van der Waals surface area contributed by atoms with Gasteiger partial charge in [-0.2, -0.15) is 5.10 Å². The van der Waals surface area contributed by atoms with E-state index in [1.807, 2.05) is 45.9 Å². The van der Waals surface area contributed by atoms with Gasteiger partial charge in [0.25, 0.3) is 0 Å². The Labute approximate surface area is 134 Å². The number of fused-ring (bicyclic) bond motifs is 1. The van der Waals surface area contributed by atoms with Crippen molar-refractivity contribution in [3.8, 4) is 11.1 Å². The summed E-state index contributed by atoms with van der Waals surface area (Å²) in [5.74, 6) is -1.02. The lowest BCUT2D eigenvalue weighted by Crippen LogP contribution is -2.07. The van der Waals surface area contributed by atoms with Crippen LogP contribution in [-0.2, 0) is 6.42 Å². The van der Waals surface area contributed by atoms with E-state index < -0.39 is 5.97 Å². The average Bonchev–Trinajstić information content (AvgIpc) is 2.82. The van der Waals surface area contributed by atoms with E-state index in [0.717, 1.165) is 33.6 Å². The molecule has 3 aromatic rings. The van der Waals surface area contributed by atoms with Crippen molar-refractivity contribution in [2.24, 2.45) is 0 Å². The van der Waals surface area contributed by atoms with E-state index in [-0.39, 0.29) is 5.69 Å². The fourth-order valence-electron chi connectivity index (χ4n) is 3.05. The lowest BCUT2D eigenvalue weighted by atomic mass is 9.96. The highest BCUT2D eigenvalue weighted by Gasteiger charge is 2.20. The number of hydrogen-bond donors (Lipinski definition) is 1. The molecule has 2 aromatic heterocycles. The molecule has 2 heterocycles. The zero-order valence-electron chi connectivity index (χ0n) is 13.7. The number of carboxylic acid groups (broad SMARTS) is 1. The van der Waals surface area contributed by atoms with Gasteiger partial charge in [-0.1, -0.05) is 25.1 Å². The van der Waals surface area contributed by atoms with E-state index in [9.17, 15) is 9.90 Å². The monoisotopic (exact) mass is 309 g/mol. The van der Waals surface area contributed by atoms with Crippen LogP contribution >= 0.6 is 0 Å². The summed E-state index contributed by atoms with van der Waals surface area (Å²) in [6.45, 7) is 8.02. The largest absolute Gasteiger partial charge is 0.477 e. The molecule has 0 saturated carbocycles. The molecule has 5 nitrogen and oxygen atoms in total. The van der Waals surface area contributed by atoms with E-state index in [1.165, 1.54) is 0 Å². The van der Waals surface area contributed by atoms with Gasteiger partial charge in [0.05, 0.1) is 11.3 Å². The van der Waals surface area contributed by atoms with E-state index in [4.69, 9.17) is 0 Å². The fourth-order valence-corrected chi connectivity index (χ4v) is 3.05. The van der Waals surface area contributed by atoms with Crippen molar-refractivity contribution in [2.75, 3.05) is 0 Å². The smallest absolute Gasteiger partial charge is 0.354 e. The summed E-state index contributed by atoms with van der Waals surface area (Å²) in [6, 6.07) is 7.71. The molecule has 0 amide bonds. The lowest BCUT2D eigenvalue weighted by molar-refractivity contribution is 0.0690. The number of aryl methyl sites for hydroxylation is 4. The number of rotatable bonds is 3. The minimum absolute atomic E-state index is 0.0572. The molecule has 0 fully saturated rings. The lowest BCUT2D eigenvalue weighted by Gasteiger charge is -2.10. The van der Waals surface area contributed by atoms with E-state index in [1.54, 1.807) is 10.6 Å². The highest BCUT2D eigenvalue weighted by molar-refractivity contribution is 5.89. The standard InChI is InChI=1S/C18H19N3O2/c1-5-13-9-14(18(22)23)19-17-16(12(4)20-21(13)17)15-10(2)7-6-8-11(15)3/h6-9H,5H2,1-4H3,(H,22,23). The normalized spacial score (nSPS) is 11.1. The quantitative estimate of drug-likeness (QED) is 0.803. The van der Waals surface area contributed by atoms with Gasteiger partial charge in [-0.05, 0) is 49.9 Å². The number of benzene rings is 1. The van der Waals surface area contributed by atoms with Crippen LogP contribution in [0.3, 0.4) is 0 Å².